The van der Waals surface area contributed by atoms with Crippen LogP contribution in [0.15, 0.2) is 76.5 Å². The molecule has 0 saturated heterocycles. The summed E-state index contributed by atoms with van der Waals surface area (Å²) in [6, 6.07) is 14.0. The van der Waals surface area contributed by atoms with E-state index in [1.807, 2.05) is 0 Å². The molecular formula is C20H19NO8S2. The molecule has 0 fully saturated rings. The molecule has 0 heterocycles. The average molecular weight is 466 g/mol. The Morgan fingerprint density at radius 2 is 1.16 bits per heavy atom. The average Bonchev–Trinajstić information content (AvgIpc) is 2.72. The Balaban J connectivity index is 2.05. The van der Waals surface area contributed by atoms with Crippen LogP contribution in [0.4, 0.5) is 0 Å². The van der Waals surface area contributed by atoms with E-state index in [2.05, 4.69) is 0 Å². The maximum Gasteiger partial charge on any atom is 0.244 e. The van der Waals surface area contributed by atoms with Crippen molar-refractivity contribution >= 4 is 19.9 Å². The lowest BCUT2D eigenvalue weighted by atomic mass is 10.2. The van der Waals surface area contributed by atoms with Crippen LogP contribution in [0.2, 0.25) is 0 Å². The molecule has 0 atom stereocenters. The van der Waals surface area contributed by atoms with E-state index in [0.29, 0.717) is 9.87 Å². The van der Waals surface area contributed by atoms with Gasteiger partial charge < -0.3 is 20.4 Å². The van der Waals surface area contributed by atoms with Crippen molar-refractivity contribution in [1.29, 1.82) is 0 Å². The van der Waals surface area contributed by atoms with Crippen LogP contribution in [-0.4, -0.2) is 47.4 Å². The van der Waals surface area contributed by atoms with Crippen LogP contribution in [0.5, 0.6) is 23.0 Å². The van der Waals surface area contributed by atoms with Gasteiger partial charge in [-0.2, -0.15) is 4.31 Å². The number of hydrogen-bond acceptors (Lipinski definition) is 8. The Kier molecular flexibility index (Phi) is 6.11. The zero-order valence-electron chi connectivity index (χ0n) is 16.0. The number of nitrogens with zero attached hydrogens (tertiary/aromatic N) is 1. The summed E-state index contributed by atoms with van der Waals surface area (Å²) in [7, 11) is -8.69. The highest BCUT2D eigenvalue weighted by Gasteiger charge is 2.31. The van der Waals surface area contributed by atoms with Crippen molar-refractivity contribution in [3.8, 4) is 23.0 Å². The zero-order valence-corrected chi connectivity index (χ0v) is 17.6. The van der Waals surface area contributed by atoms with Crippen molar-refractivity contribution in [2.45, 2.75) is 16.3 Å². The van der Waals surface area contributed by atoms with E-state index >= 15 is 0 Å². The number of sulfonamides is 1. The third-order valence-electron chi connectivity index (χ3n) is 4.41. The van der Waals surface area contributed by atoms with Crippen molar-refractivity contribution in [3.05, 3.63) is 72.3 Å². The lowest BCUT2D eigenvalue weighted by molar-refractivity contribution is 0.400. The van der Waals surface area contributed by atoms with Crippen molar-refractivity contribution in [3.63, 3.8) is 0 Å². The van der Waals surface area contributed by atoms with Gasteiger partial charge in [0.2, 0.25) is 10.0 Å². The fourth-order valence-corrected chi connectivity index (χ4v) is 6.04. The smallest absolute Gasteiger partial charge is 0.244 e. The van der Waals surface area contributed by atoms with Crippen LogP contribution in [0.1, 0.15) is 5.56 Å². The molecule has 11 heteroatoms. The summed E-state index contributed by atoms with van der Waals surface area (Å²) in [5, 5.41) is 38.2. The Morgan fingerprint density at radius 1 is 0.645 bits per heavy atom. The molecule has 0 spiro atoms. The molecule has 31 heavy (non-hydrogen) atoms. The summed E-state index contributed by atoms with van der Waals surface area (Å²) < 4.78 is 52.9. The minimum atomic E-state index is -4.43. The standard InChI is InChI=1S/C20H19NO8S2/c22-17-8-6-15(10-19(17)24)30(26,27)13-21(12-14-4-2-1-3-5-14)31(28,29)16-7-9-18(23)20(25)11-16/h1-11,22-25H,12-13H2. The largest absolute Gasteiger partial charge is 0.504 e. The SMILES string of the molecule is O=S(=O)(CN(Cc1ccccc1)S(=O)(=O)c1ccc(O)c(O)c1)c1ccc(O)c(O)c1. The van der Waals surface area contributed by atoms with Crippen molar-refractivity contribution < 1.29 is 37.3 Å². The second-order valence-corrected chi connectivity index (χ2v) is 10.5. The first-order valence-electron chi connectivity index (χ1n) is 8.81. The molecular weight excluding hydrogens is 446 g/mol. The summed E-state index contributed by atoms with van der Waals surface area (Å²) in [5.74, 6) is -3.36. The fraction of sp³-hybridized carbons (Fsp3) is 0.100. The summed E-state index contributed by atoms with van der Waals surface area (Å²) in [6.45, 7) is -0.298. The molecule has 3 rings (SSSR count). The highest BCUT2D eigenvalue weighted by atomic mass is 32.2. The molecule has 0 aliphatic rings. The van der Waals surface area contributed by atoms with Gasteiger partial charge >= 0.3 is 0 Å². The molecule has 0 aromatic heterocycles. The fourth-order valence-electron chi connectivity index (χ4n) is 2.76. The van der Waals surface area contributed by atoms with Crippen LogP contribution in [0.25, 0.3) is 0 Å². The van der Waals surface area contributed by atoms with E-state index < -0.39 is 53.6 Å². The molecule has 0 aliphatic carbocycles. The second-order valence-electron chi connectivity index (χ2n) is 6.65. The van der Waals surface area contributed by atoms with Gasteiger partial charge in [0.15, 0.2) is 32.8 Å². The van der Waals surface area contributed by atoms with E-state index in [9.17, 15) is 37.3 Å². The minimum absolute atomic E-state index is 0.298. The molecule has 0 unspecified atom stereocenters. The number of hydrogen-bond donors (Lipinski definition) is 4. The second kappa shape index (κ2) is 8.46. The van der Waals surface area contributed by atoms with Gasteiger partial charge in [-0.05, 0) is 29.8 Å². The van der Waals surface area contributed by atoms with Crippen LogP contribution < -0.4 is 0 Å². The van der Waals surface area contributed by atoms with Gasteiger partial charge in [-0.25, -0.2) is 16.8 Å². The van der Waals surface area contributed by atoms with Crippen LogP contribution in [-0.2, 0) is 26.4 Å². The van der Waals surface area contributed by atoms with Gasteiger partial charge in [0.25, 0.3) is 0 Å². The maximum absolute atomic E-state index is 13.2. The van der Waals surface area contributed by atoms with Crippen LogP contribution in [0, 0.1) is 0 Å². The molecule has 4 N–H and O–H groups in total. The van der Waals surface area contributed by atoms with Gasteiger partial charge in [0.1, 0.15) is 5.88 Å². The molecule has 3 aromatic rings. The first-order chi connectivity index (χ1) is 14.5. The van der Waals surface area contributed by atoms with Crippen molar-refractivity contribution in [2.75, 3.05) is 5.88 Å². The van der Waals surface area contributed by atoms with Gasteiger partial charge in [-0.1, -0.05) is 30.3 Å². The summed E-state index contributed by atoms with van der Waals surface area (Å²) in [4.78, 5) is -0.799. The molecule has 0 radical (unpaired) electrons. The molecule has 3 aromatic carbocycles. The summed E-state index contributed by atoms with van der Waals surface area (Å²) >= 11 is 0. The molecule has 0 aliphatic heterocycles. The molecule has 0 amide bonds. The first kappa shape index (κ1) is 22.4. The predicted molar refractivity (Wildman–Crippen MR) is 111 cm³/mol. The first-order valence-corrected chi connectivity index (χ1v) is 11.9. The van der Waals surface area contributed by atoms with Gasteiger partial charge in [0, 0.05) is 18.7 Å². The Morgan fingerprint density at radius 3 is 1.71 bits per heavy atom. The number of aromatic hydroxyl groups is 4. The van der Waals surface area contributed by atoms with Gasteiger partial charge in [-0.15, -0.1) is 0 Å². The highest BCUT2D eigenvalue weighted by Crippen LogP contribution is 2.31. The van der Waals surface area contributed by atoms with E-state index in [0.717, 1.165) is 36.4 Å². The number of rotatable bonds is 7. The van der Waals surface area contributed by atoms with Gasteiger partial charge in [-0.3, -0.25) is 0 Å². The molecule has 164 valence electrons. The van der Waals surface area contributed by atoms with E-state index in [1.54, 1.807) is 30.3 Å². The summed E-state index contributed by atoms with van der Waals surface area (Å²) in [6.07, 6.45) is 0. The van der Waals surface area contributed by atoms with E-state index in [-0.39, 0.29) is 11.4 Å². The maximum atomic E-state index is 13.2. The minimum Gasteiger partial charge on any atom is -0.504 e. The zero-order chi connectivity index (χ0) is 22.8. The third-order valence-corrected chi connectivity index (χ3v) is 7.98. The quantitative estimate of drug-likeness (QED) is 0.387. The lowest BCUT2D eigenvalue weighted by Gasteiger charge is -2.22. The number of phenolic OH excluding ortho intramolecular Hbond substituents is 4. The Hall–Kier alpha value is -3.28. The highest BCUT2D eigenvalue weighted by molar-refractivity contribution is 7.93. The van der Waals surface area contributed by atoms with Gasteiger partial charge in [0.05, 0.1) is 9.79 Å². The third kappa shape index (κ3) is 4.90. The Labute approximate surface area is 179 Å². The number of sulfone groups is 1. The van der Waals surface area contributed by atoms with Crippen LogP contribution in [0.3, 0.4) is 0 Å². The molecule has 0 bridgehead atoms. The molecule has 9 nitrogen and oxygen atoms in total. The number of phenols is 4. The number of benzene rings is 3. The van der Waals surface area contributed by atoms with E-state index in [4.69, 9.17) is 0 Å². The molecule has 0 saturated carbocycles. The topological polar surface area (TPSA) is 152 Å². The summed E-state index contributed by atoms with van der Waals surface area (Å²) in [5.41, 5.74) is 0.512. The van der Waals surface area contributed by atoms with Crippen molar-refractivity contribution in [2.24, 2.45) is 0 Å². The lowest BCUT2D eigenvalue weighted by Crippen LogP contribution is -2.35. The van der Waals surface area contributed by atoms with Crippen molar-refractivity contribution in [1.82, 2.24) is 4.31 Å². The van der Waals surface area contributed by atoms with Crippen LogP contribution >= 0.6 is 0 Å². The van der Waals surface area contributed by atoms with E-state index in [1.165, 1.54) is 0 Å². The Bertz CT molecular complexity index is 1310. The predicted octanol–water partition coefficient (Wildman–Crippen LogP) is 2.13. The monoisotopic (exact) mass is 465 g/mol. The normalized spacial score (nSPS) is 12.2.